The Labute approximate surface area is 178 Å². The van der Waals surface area contributed by atoms with Crippen LogP contribution in [0, 0.1) is 11.7 Å². The summed E-state index contributed by atoms with van der Waals surface area (Å²) < 4.78 is 41.0. The molecule has 0 saturated carbocycles. The number of hydrogen-bond donors (Lipinski definition) is 3. The van der Waals surface area contributed by atoms with E-state index in [0.717, 1.165) is 29.9 Å². The molecule has 1 aromatic heterocycles. The van der Waals surface area contributed by atoms with Crippen molar-refractivity contribution in [3.63, 3.8) is 0 Å². The van der Waals surface area contributed by atoms with E-state index in [1.165, 1.54) is 12.1 Å². The number of aromatic nitrogens is 1. The molecule has 2 atom stereocenters. The molecule has 0 aliphatic carbocycles. The van der Waals surface area contributed by atoms with Crippen LogP contribution in [0.4, 0.5) is 9.52 Å². The Morgan fingerprint density at radius 2 is 1.93 bits per heavy atom. The van der Waals surface area contributed by atoms with E-state index in [-0.39, 0.29) is 34.5 Å². The van der Waals surface area contributed by atoms with Crippen molar-refractivity contribution in [1.29, 1.82) is 0 Å². The van der Waals surface area contributed by atoms with Crippen LogP contribution >= 0.6 is 11.3 Å². The number of nitrogens with zero attached hydrogens (tertiary/aromatic N) is 1. The number of thiazole rings is 1. The Balaban J connectivity index is 1.80. The number of aliphatic hydroxyl groups excluding tert-OH is 1. The minimum absolute atomic E-state index is 0.0803. The van der Waals surface area contributed by atoms with E-state index in [9.17, 15) is 22.7 Å². The number of nitrogens with one attached hydrogen (secondary N) is 2. The van der Waals surface area contributed by atoms with Gasteiger partial charge in [-0.25, -0.2) is 17.8 Å². The van der Waals surface area contributed by atoms with Gasteiger partial charge in [0, 0.05) is 5.56 Å². The number of amides is 1. The van der Waals surface area contributed by atoms with Gasteiger partial charge in [0.1, 0.15) is 5.82 Å². The lowest BCUT2D eigenvalue weighted by Gasteiger charge is -2.22. The Kier molecular flexibility index (Phi) is 6.69. The number of aliphatic hydroxyl groups is 1. The summed E-state index contributed by atoms with van der Waals surface area (Å²) in [6, 6.07) is 8.98. The lowest BCUT2D eigenvalue weighted by Crippen LogP contribution is -2.41. The summed E-state index contributed by atoms with van der Waals surface area (Å²) in [4.78, 5) is 16.7. The molecular weight excluding hydrogens is 429 g/mol. The van der Waals surface area contributed by atoms with Gasteiger partial charge in [-0.15, -0.1) is 0 Å². The Morgan fingerprint density at radius 1 is 1.23 bits per heavy atom. The first kappa shape index (κ1) is 22.1. The van der Waals surface area contributed by atoms with Crippen molar-refractivity contribution in [3.8, 4) is 0 Å². The third-order valence-electron chi connectivity index (χ3n) is 4.84. The predicted molar refractivity (Wildman–Crippen MR) is 115 cm³/mol. The standard InChI is InChI=1S/C20H22FN3O4S2/c1-3-12(2)17(11-25)22-19(26)13-4-9-16-18(10-13)29-20(23-16)24-30(27,28)15-7-5-14(21)6-8-15/h4-10,12,17,25H,3,11H2,1-2H3,(H,22,26)(H,23,24)/t12-,17-/m1/s1. The molecule has 0 aliphatic rings. The summed E-state index contributed by atoms with van der Waals surface area (Å²) in [5.74, 6) is -0.729. The third-order valence-corrected chi connectivity index (χ3v) is 7.26. The largest absolute Gasteiger partial charge is 0.394 e. The zero-order valence-electron chi connectivity index (χ0n) is 16.4. The molecule has 160 valence electrons. The van der Waals surface area contributed by atoms with Crippen molar-refractivity contribution >= 4 is 42.6 Å². The van der Waals surface area contributed by atoms with Gasteiger partial charge in [-0.2, -0.15) is 0 Å². The quantitative estimate of drug-likeness (QED) is 0.487. The molecule has 0 radical (unpaired) electrons. The van der Waals surface area contributed by atoms with Crippen LogP contribution < -0.4 is 10.0 Å². The lowest BCUT2D eigenvalue weighted by atomic mass is 9.99. The molecule has 30 heavy (non-hydrogen) atoms. The SMILES string of the molecule is CC[C@@H](C)[C@@H](CO)NC(=O)c1ccc2nc(NS(=O)(=O)c3ccc(F)cc3)sc2c1. The van der Waals surface area contributed by atoms with E-state index in [2.05, 4.69) is 15.0 Å². The molecule has 0 fully saturated rings. The zero-order chi connectivity index (χ0) is 21.9. The second-order valence-corrected chi connectivity index (χ2v) is 9.62. The maximum absolute atomic E-state index is 13.0. The van der Waals surface area contributed by atoms with E-state index in [1.54, 1.807) is 18.2 Å². The molecule has 0 saturated heterocycles. The summed E-state index contributed by atoms with van der Waals surface area (Å²) in [5.41, 5.74) is 0.926. The van der Waals surface area contributed by atoms with Crippen molar-refractivity contribution in [1.82, 2.24) is 10.3 Å². The highest BCUT2D eigenvalue weighted by Gasteiger charge is 2.20. The Morgan fingerprint density at radius 3 is 2.57 bits per heavy atom. The third kappa shape index (κ3) is 4.94. The van der Waals surface area contributed by atoms with Crippen molar-refractivity contribution in [2.24, 2.45) is 5.92 Å². The number of benzene rings is 2. The van der Waals surface area contributed by atoms with Crippen LogP contribution in [0.2, 0.25) is 0 Å². The van der Waals surface area contributed by atoms with Gasteiger partial charge >= 0.3 is 0 Å². The molecule has 7 nitrogen and oxygen atoms in total. The maximum Gasteiger partial charge on any atom is 0.263 e. The number of rotatable bonds is 8. The van der Waals surface area contributed by atoms with E-state index < -0.39 is 15.8 Å². The molecule has 3 aromatic rings. The number of carbonyl (C=O) groups is 1. The Hall–Kier alpha value is -2.56. The van der Waals surface area contributed by atoms with Crippen LogP contribution in [0.15, 0.2) is 47.4 Å². The number of hydrogen-bond acceptors (Lipinski definition) is 6. The number of sulfonamides is 1. The van der Waals surface area contributed by atoms with Crippen LogP contribution in [0.3, 0.4) is 0 Å². The highest BCUT2D eigenvalue weighted by atomic mass is 32.2. The topological polar surface area (TPSA) is 108 Å². The number of carbonyl (C=O) groups excluding carboxylic acids is 1. The summed E-state index contributed by atoms with van der Waals surface area (Å²) in [7, 11) is -3.91. The first-order valence-corrected chi connectivity index (χ1v) is 11.6. The van der Waals surface area contributed by atoms with Gasteiger partial charge < -0.3 is 10.4 Å². The van der Waals surface area contributed by atoms with Crippen molar-refractivity contribution < 1.29 is 22.7 Å². The summed E-state index contributed by atoms with van der Waals surface area (Å²) in [6.45, 7) is 3.78. The fourth-order valence-corrected chi connectivity index (χ4v) is 4.94. The average Bonchev–Trinajstić information content (AvgIpc) is 3.12. The minimum atomic E-state index is -3.91. The summed E-state index contributed by atoms with van der Waals surface area (Å²) in [5, 5.41) is 12.5. The monoisotopic (exact) mass is 451 g/mol. The lowest BCUT2D eigenvalue weighted by molar-refractivity contribution is 0.0891. The molecule has 0 aliphatic heterocycles. The van der Waals surface area contributed by atoms with Gasteiger partial charge in [0.05, 0.1) is 27.8 Å². The normalized spacial score (nSPS) is 13.7. The molecule has 3 N–H and O–H groups in total. The minimum Gasteiger partial charge on any atom is -0.394 e. The number of fused-ring (bicyclic) bond motifs is 1. The van der Waals surface area contributed by atoms with E-state index in [1.807, 2.05) is 13.8 Å². The molecule has 0 bridgehead atoms. The molecule has 3 rings (SSSR count). The highest BCUT2D eigenvalue weighted by molar-refractivity contribution is 7.93. The van der Waals surface area contributed by atoms with Crippen LogP contribution in [-0.4, -0.2) is 37.1 Å². The van der Waals surface area contributed by atoms with Gasteiger partial charge in [-0.1, -0.05) is 31.6 Å². The summed E-state index contributed by atoms with van der Waals surface area (Å²) >= 11 is 1.08. The number of anilines is 1. The first-order chi connectivity index (χ1) is 14.2. The van der Waals surface area contributed by atoms with Crippen LogP contribution in [0.25, 0.3) is 10.2 Å². The first-order valence-electron chi connectivity index (χ1n) is 9.34. The molecule has 0 spiro atoms. The van der Waals surface area contributed by atoms with Gasteiger partial charge in [-0.05, 0) is 48.4 Å². The van der Waals surface area contributed by atoms with Crippen LogP contribution in [0.5, 0.6) is 0 Å². The zero-order valence-corrected chi connectivity index (χ0v) is 18.1. The van der Waals surface area contributed by atoms with Gasteiger partial charge in [0.15, 0.2) is 5.13 Å². The predicted octanol–water partition coefficient (Wildman–Crippen LogP) is 3.37. The van der Waals surface area contributed by atoms with Gasteiger partial charge in [0.25, 0.3) is 15.9 Å². The van der Waals surface area contributed by atoms with Gasteiger partial charge in [-0.3, -0.25) is 9.52 Å². The molecule has 1 amide bonds. The summed E-state index contributed by atoms with van der Waals surface area (Å²) in [6.07, 6.45) is 0.816. The fraction of sp³-hybridized carbons (Fsp3) is 0.300. The van der Waals surface area contributed by atoms with Crippen molar-refractivity contribution in [2.45, 2.75) is 31.2 Å². The average molecular weight is 452 g/mol. The second-order valence-electron chi connectivity index (χ2n) is 6.91. The van der Waals surface area contributed by atoms with Crippen molar-refractivity contribution in [3.05, 3.63) is 53.8 Å². The maximum atomic E-state index is 13.0. The highest BCUT2D eigenvalue weighted by Crippen LogP contribution is 2.28. The molecule has 2 aromatic carbocycles. The molecule has 0 unspecified atom stereocenters. The Bertz CT molecular complexity index is 1150. The fourth-order valence-electron chi connectivity index (χ4n) is 2.80. The molecular formula is C20H22FN3O4S2. The van der Waals surface area contributed by atoms with E-state index >= 15 is 0 Å². The van der Waals surface area contributed by atoms with E-state index in [0.29, 0.717) is 15.8 Å². The smallest absolute Gasteiger partial charge is 0.263 e. The van der Waals surface area contributed by atoms with Gasteiger partial charge in [0.2, 0.25) is 0 Å². The van der Waals surface area contributed by atoms with Crippen LogP contribution in [-0.2, 0) is 10.0 Å². The van der Waals surface area contributed by atoms with Crippen molar-refractivity contribution in [2.75, 3.05) is 11.3 Å². The molecule has 1 heterocycles. The van der Waals surface area contributed by atoms with Crippen LogP contribution in [0.1, 0.15) is 30.6 Å². The second kappa shape index (κ2) is 9.07. The van der Waals surface area contributed by atoms with E-state index in [4.69, 9.17) is 0 Å². The number of halogens is 1. The molecule has 10 heteroatoms.